The van der Waals surface area contributed by atoms with Gasteiger partial charge in [0.15, 0.2) is 0 Å². The molecule has 2 fully saturated rings. The second kappa shape index (κ2) is 9.53. The lowest BCUT2D eigenvalue weighted by atomic mass is 10.0. The maximum Gasteiger partial charge on any atom is 0.248 e. The molecule has 1 aromatic carbocycles. The molecule has 0 radical (unpaired) electrons. The monoisotopic (exact) mass is 417 g/mol. The fourth-order valence-corrected chi connectivity index (χ4v) is 4.06. The molecule has 2 aromatic rings. The Morgan fingerprint density at radius 3 is 2.67 bits per heavy atom. The molecule has 30 heavy (non-hydrogen) atoms. The largest absolute Gasteiger partial charge is 0.491 e. The molecule has 162 valence electrons. The first-order valence-electron chi connectivity index (χ1n) is 10.4. The summed E-state index contributed by atoms with van der Waals surface area (Å²) in [5, 5.41) is 7.94. The van der Waals surface area contributed by atoms with E-state index < -0.39 is 0 Å². The number of nitrogens with zero attached hydrogens (tertiary/aromatic N) is 5. The highest BCUT2D eigenvalue weighted by molar-refractivity contribution is 5.78. The molecule has 1 amide bonds. The summed E-state index contributed by atoms with van der Waals surface area (Å²) in [4.78, 5) is 16.8. The van der Waals surface area contributed by atoms with Crippen LogP contribution in [0.25, 0.3) is 0 Å². The van der Waals surface area contributed by atoms with Crippen LogP contribution in [0, 0.1) is 12.7 Å². The lowest BCUT2D eigenvalue weighted by molar-refractivity contribution is -0.155. The molecule has 1 unspecified atom stereocenters. The molecule has 0 bridgehead atoms. The van der Waals surface area contributed by atoms with Gasteiger partial charge in [0.05, 0.1) is 6.54 Å². The number of carbonyl (C=O) groups is 1. The lowest BCUT2D eigenvalue weighted by Gasteiger charge is -2.42. The number of amides is 1. The Balaban J connectivity index is 1.23. The molecule has 1 atom stereocenters. The van der Waals surface area contributed by atoms with Gasteiger partial charge in [0.1, 0.15) is 43.0 Å². The summed E-state index contributed by atoms with van der Waals surface area (Å²) >= 11 is 0. The van der Waals surface area contributed by atoms with Crippen molar-refractivity contribution in [2.45, 2.75) is 38.5 Å². The Labute approximate surface area is 175 Å². The van der Waals surface area contributed by atoms with Gasteiger partial charge in [-0.15, -0.1) is 10.2 Å². The van der Waals surface area contributed by atoms with Gasteiger partial charge in [0.2, 0.25) is 5.91 Å². The van der Waals surface area contributed by atoms with Crippen LogP contribution in [-0.2, 0) is 16.1 Å². The average molecular weight is 417 g/mol. The van der Waals surface area contributed by atoms with E-state index in [1.807, 2.05) is 11.8 Å². The highest BCUT2D eigenvalue weighted by Crippen LogP contribution is 2.21. The van der Waals surface area contributed by atoms with Crippen LogP contribution in [0.15, 0.2) is 30.6 Å². The number of likely N-dealkylation sites (tertiary alicyclic amines) is 1. The van der Waals surface area contributed by atoms with E-state index in [0.29, 0.717) is 18.9 Å². The maximum absolute atomic E-state index is 13.0. The van der Waals surface area contributed by atoms with Crippen molar-refractivity contribution in [2.75, 3.05) is 39.4 Å². The van der Waals surface area contributed by atoms with Crippen molar-refractivity contribution in [3.05, 3.63) is 42.2 Å². The molecule has 0 aliphatic carbocycles. The van der Waals surface area contributed by atoms with Crippen molar-refractivity contribution in [3.63, 3.8) is 0 Å². The third-order valence-electron chi connectivity index (χ3n) is 5.88. The number of piperidine rings is 1. The number of benzene rings is 1. The normalized spacial score (nSPS) is 21.2. The second-order valence-corrected chi connectivity index (χ2v) is 7.89. The van der Waals surface area contributed by atoms with Crippen LogP contribution < -0.4 is 4.74 Å². The first kappa shape index (κ1) is 20.7. The van der Waals surface area contributed by atoms with Gasteiger partial charge < -0.3 is 23.8 Å². The Kier molecular flexibility index (Phi) is 6.59. The van der Waals surface area contributed by atoms with E-state index in [1.54, 1.807) is 18.5 Å². The summed E-state index contributed by atoms with van der Waals surface area (Å²) in [5.74, 6) is 1.28. The Morgan fingerprint density at radius 2 is 1.97 bits per heavy atom. The maximum atomic E-state index is 13.0. The zero-order valence-electron chi connectivity index (χ0n) is 17.2. The zero-order valence-corrected chi connectivity index (χ0v) is 17.2. The number of rotatable bonds is 7. The molecule has 2 saturated heterocycles. The number of halogens is 1. The van der Waals surface area contributed by atoms with Crippen LogP contribution >= 0.6 is 0 Å². The van der Waals surface area contributed by atoms with Gasteiger partial charge in [0, 0.05) is 32.2 Å². The number of aryl methyl sites for hydroxylation is 1. The van der Waals surface area contributed by atoms with Crippen molar-refractivity contribution in [1.29, 1.82) is 0 Å². The van der Waals surface area contributed by atoms with Gasteiger partial charge in [-0.1, -0.05) is 0 Å². The van der Waals surface area contributed by atoms with Gasteiger partial charge in [0.25, 0.3) is 0 Å². The van der Waals surface area contributed by atoms with E-state index in [4.69, 9.17) is 9.47 Å². The van der Waals surface area contributed by atoms with Gasteiger partial charge in [-0.05, 0) is 44.0 Å². The molecule has 2 aliphatic rings. The number of aromatic nitrogens is 3. The van der Waals surface area contributed by atoms with Crippen LogP contribution in [0.5, 0.6) is 5.75 Å². The van der Waals surface area contributed by atoms with Gasteiger partial charge in [-0.3, -0.25) is 4.79 Å². The van der Waals surface area contributed by atoms with E-state index in [-0.39, 0.29) is 30.5 Å². The third-order valence-corrected chi connectivity index (χ3v) is 5.88. The van der Waals surface area contributed by atoms with Crippen LogP contribution in [-0.4, -0.2) is 82.0 Å². The SMILES string of the molecule is Cc1nncn1CCN1CCC(N2CC(COc3ccc(F)cc3)OCC2=O)CC1. The molecule has 0 spiro atoms. The number of hydrogen-bond acceptors (Lipinski definition) is 6. The van der Waals surface area contributed by atoms with Crippen molar-refractivity contribution in [1.82, 2.24) is 24.6 Å². The van der Waals surface area contributed by atoms with Crippen molar-refractivity contribution in [3.8, 4) is 5.75 Å². The van der Waals surface area contributed by atoms with Crippen LogP contribution in [0.4, 0.5) is 4.39 Å². The predicted octanol–water partition coefficient (Wildman–Crippen LogP) is 1.50. The van der Waals surface area contributed by atoms with E-state index in [2.05, 4.69) is 19.7 Å². The standard InChI is InChI=1S/C21H28FN5O3/c1-16-24-23-15-26(16)11-10-25-8-6-18(7-9-25)27-12-20(30-14-21(27)28)13-29-19-4-2-17(22)3-5-19/h2-5,15,18,20H,6-14H2,1H3. The summed E-state index contributed by atoms with van der Waals surface area (Å²) < 4.78 is 26.4. The summed E-state index contributed by atoms with van der Waals surface area (Å²) in [5.41, 5.74) is 0. The number of carbonyl (C=O) groups excluding carboxylic acids is 1. The fraction of sp³-hybridized carbons (Fsp3) is 0.571. The molecule has 2 aliphatic heterocycles. The number of morpholine rings is 1. The fourth-order valence-electron chi connectivity index (χ4n) is 4.06. The second-order valence-electron chi connectivity index (χ2n) is 7.89. The minimum Gasteiger partial charge on any atom is -0.491 e. The summed E-state index contributed by atoms with van der Waals surface area (Å²) in [6.45, 7) is 6.68. The highest BCUT2D eigenvalue weighted by Gasteiger charge is 2.33. The lowest BCUT2D eigenvalue weighted by Crippen LogP contribution is -2.55. The first-order chi connectivity index (χ1) is 14.6. The summed E-state index contributed by atoms with van der Waals surface area (Å²) in [6.07, 6.45) is 3.50. The first-order valence-corrected chi connectivity index (χ1v) is 10.4. The third kappa shape index (κ3) is 5.14. The topological polar surface area (TPSA) is 72.7 Å². The van der Waals surface area contributed by atoms with Crippen LogP contribution in [0.2, 0.25) is 0 Å². The highest BCUT2D eigenvalue weighted by atomic mass is 19.1. The number of ether oxygens (including phenoxy) is 2. The van der Waals surface area contributed by atoms with Crippen LogP contribution in [0.3, 0.4) is 0 Å². The molecule has 4 rings (SSSR count). The number of hydrogen-bond donors (Lipinski definition) is 0. The van der Waals surface area contributed by atoms with Crippen molar-refractivity contribution < 1.29 is 18.7 Å². The average Bonchev–Trinajstić information content (AvgIpc) is 3.18. The van der Waals surface area contributed by atoms with E-state index in [1.165, 1.54) is 12.1 Å². The minimum absolute atomic E-state index is 0.0478. The van der Waals surface area contributed by atoms with E-state index >= 15 is 0 Å². The molecule has 1 aromatic heterocycles. The van der Waals surface area contributed by atoms with Gasteiger partial charge >= 0.3 is 0 Å². The van der Waals surface area contributed by atoms with Crippen molar-refractivity contribution in [2.24, 2.45) is 0 Å². The zero-order chi connectivity index (χ0) is 20.9. The van der Waals surface area contributed by atoms with E-state index in [0.717, 1.165) is 44.8 Å². The molecule has 8 nitrogen and oxygen atoms in total. The molecule has 0 saturated carbocycles. The van der Waals surface area contributed by atoms with Gasteiger partial charge in [-0.2, -0.15) is 0 Å². The van der Waals surface area contributed by atoms with Crippen LogP contribution in [0.1, 0.15) is 18.7 Å². The minimum atomic E-state index is -0.295. The molecular weight excluding hydrogens is 389 g/mol. The smallest absolute Gasteiger partial charge is 0.248 e. The summed E-state index contributed by atoms with van der Waals surface area (Å²) in [6, 6.07) is 6.16. The summed E-state index contributed by atoms with van der Waals surface area (Å²) in [7, 11) is 0. The quantitative estimate of drug-likeness (QED) is 0.680. The van der Waals surface area contributed by atoms with E-state index in [9.17, 15) is 9.18 Å². The Hall–Kier alpha value is -2.52. The molecular formula is C21H28FN5O3. The Morgan fingerprint density at radius 1 is 1.20 bits per heavy atom. The molecule has 0 N–H and O–H groups in total. The van der Waals surface area contributed by atoms with Crippen molar-refractivity contribution >= 4 is 5.91 Å². The molecule has 3 heterocycles. The van der Waals surface area contributed by atoms with Gasteiger partial charge in [-0.25, -0.2) is 4.39 Å². The predicted molar refractivity (Wildman–Crippen MR) is 108 cm³/mol. The molecule has 9 heteroatoms. The Bertz CT molecular complexity index is 835.